The van der Waals surface area contributed by atoms with Crippen molar-refractivity contribution >= 4 is 5.97 Å². The fourth-order valence-corrected chi connectivity index (χ4v) is 1.46. The third-order valence-corrected chi connectivity index (χ3v) is 2.22. The average Bonchev–Trinajstić information content (AvgIpc) is 2.40. The molecule has 1 heterocycles. The molecule has 78 valence electrons. The average molecular weight is 197 g/mol. The lowest BCUT2D eigenvalue weighted by molar-refractivity contribution is -0.148. The zero-order chi connectivity index (χ0) is 10.7. The van der Waals surface area contributed by atoms with Gasteiger partial charge in [-0.05, 0) is 25.5 Å². The highest BCUT2D eigenvalue weighted by Crippen LogP contribution is 2.12. The predicted octanol–water partition coefficient (Wildman–Crippen LogP) is 1.27. The first kappa shape index (κ1) is 10.8. The first-order chi connectivity index (χ1) is 6.54. The third-order valence-electron chi connectivity index (χ3n) is 2.22. The standard InChI is InChI=1S/C10H15NO3/c1-6-4-8(7(2)11-6)5-9(14-3)10(12)13/h4,9,11H,5H2,1-3H3,(H,12,13). The lowest BCUT2D eigenvalue weighted by Gasteiger charge is -2.09. The molecule has 0 amide bonds. The Kier molecular flexibility index (Phi) is 3.30. The van der Waals surface area contributed by atoms with Gasteiger partial charge in [0.1, 0.15) is 0 Å². The van der Waals surface area contributed by atoms with E-state index in [2.05, 4.69) is 4.98 Å². The number of H-pyrrole nitrogens is 1. The van der Waals surface area contributed by atoms with Gasteiger partial charge in [0.05, 0.1) is 0 Å². The Morgan fingerprint density at radius 2 is 2.29 bits per heavy atom. The summed E-state index contributed by atoms with van der Waals surface area (Å²) in [5.41, 5.74) is 3.04. The van der Waals surface area contributed by atoms with Gasteiger partial charge in [0.15, 0.2) is 6.10 Å². The number of aryl methyl sites for hydroxylation is 2. The van der Waals surface area contributed by atoms with Crippen LogP contribution in [-0.2, 0) is 16.0 Å². The molecule has 0 fully saturated rings. The van der Waals surface area contributed by atoms with Crippen molar-refractivity contribution in [2.24, 2.45) is 0 Å². The maximum Gasteiger partial charge on any atom is 0.333 e. The first-order valence-corrected chi connectivity index (χ1v) is 4.45. The van der Waals surface area contributed by atoms with Crippen LogP contribution in [-0.4, -0.2) is 29.3 Å². The summed E-state index contributed by atoms with van der Waals surface area (Å²) >= 11 is 0. The van der Waals surface area contributed by atoms with E-state index in [-0.39, 0.29) is 0 Å². The Hall–Kier alpha value is -1.29. The van der Waals surface area contributed by atoms with Gasteiger partial charge in [-0.3, -0.25) is 0 Å². The first-order valence-electron chi connectivity index (χ1n) is 4.45. The normalized spacial score (nSPS) is 12.8. The topological polar surface area (TPSA) is 62.3 Å². The lowest BCUT2D eigenvalue weighted by Crippen LogP contribution is -2.24. The van der Waals surface area contributed by atoms with Gasteiger partial charge in [-0.1, -0.05) is 0 Å². The fourth-order valence-electron chi connectivity index (χ4n) is 1.46. The van der Waals surface area contributed by atoms with E-state index in [0.29, 0.717) is 6.42 Å². The number of aliphatic carboxylic acids is 1. The van der Waals surface area contributed by atoms with Crippen LogP contribution in [0.25, 0.3) is 0 Å². The van der Waals surface area contributed by atoms with Crippen molar-refractivity contribution in [1.82, 2.24) is 4.98 Å². The number of aromatic amines is 1. The van der Waals surface area contributed by atoms with E-state index in [1.807, 2.05) is 19.9 Å². The van der Waals surface area contributed by atoms with Crippen LogP contribution in [0.15, 0.2) is 6.07 Å². The minimum atomic E-state index is -0.925. The number of rotatable bonds is 4. The molecule has 14 heavy (non-hydrogen) atoms. The quantitative estimate of drug-likeness (QED) is 0.764. The number of hydrogen-bond donors (Lipinski definition) is 2. The highest BCUT2D eigenvalue weighted by atomic mass is 16.5. The SMILES string of the molecule is COC(Cc1cc(C)[nH]c1C)C(=O)O. The molecule has 1 atom stereocenters. The molecule has 4 nitrogen and oxygen atoms in total. The summed E-state index contributed by atoms with van der Waals surface area (Å²) in [5.74, 6) is -0.925. The monoisotopic (exact) mass is 197 g/mol. The van der Waals surface area contributed by atoms with Crippen molar-refractivity contribution in [3.05, 3.63) is 23.0 Å². The minimum absolute atomic E-state index is 0.405. The molecule has 0 aliphatic heterocycles. The van der Waals surface area contributed by atoms with Gasteiger partial charge in [-0.15, -0.1) is 0 Å². The number of carbonyl (C=O) groups is 1. The number of aromatic nitrogens is 1. The Morgan fingerprint density at radius 3 is 2.64 bits per heavy atom. The number of ether oxygens (including phenoxy) is 1. The summed E-state index contributed by atoms with van der Waals surface area (Å²) in [7, 11) is 1.41. The zero-order valence-corrected chi connectivity index (χ0v) is 8.63. The van der Waals surface area contributed by atoms with E-state index in [4.69, 9.17) is 9.84 Å². The van der Waals surface area contributed by atoms with Gasteiger partial charge in [0.2, 0.25) is 0 Å². The van der Waals surface area contributed by atoms with Gasteiger partial charge in [-0.2, -0.15) is 0 Å². The van der Waals surface area contributed by atoms with Crippen LogP contribution in [0.1, 0.15) is 17.0 Å². The van der Waals surface area contributed by atoms with E-state index in [1.165, 1.54) is 7.11 Å². The third kappa shape index (κ3) is 2.35. The largest absolute Gasteiger partial charge is 0.479 e. The van der Waals surface area contributed by atoms with Crippen LogP contribution in [0, 0.1) is 13.8 Å². The van der Waals surface area contributed by atoms with E-state index in [1.54, 1.807) is 0 Å². The maximum atomic E-state index is 10.7. The Balaban J connectivity index is 2.76. The summed E-state index contributed by atoms with van der Waals surface area (Å²) in [4.78, 5) is 13.8. The van der Waals surface area contributed by atoms with E-state index < -0.39 is 12.1 Å². The van der Waals surface area contributed by atoms with Gasteiger partial charge in [-0.25, -0.2) is 4.79 Å². The molecule has 1 rings (SSSR count). The lowest BCUT2D eigenvalue weighted by atomic mass is 10.1. The van der Waals surface area contributed by atoms with Gasteiger partial charge in [0.25, 0.3) is 0 Å². The molecule has 0 aromatic carbocycles. The fraction of sp³-hybridized carbons (Fsp3) is 0.500. The van der Waals surface area contributed by atoms with Crippen molar-refractivity contribution < 1.29 is 14.6 Å². The van der Waals surface area contributed by atoms with Gasteiger partial charge < -0.3 is 14.8 Å². The van der Waals surface area contributed by atoms with Crippen LogP contribution in [0.2, 0.25) is 0 Å². The number of methoxy groups -OCH3 is 1. The molecule has 4 heteroatoms. The van der Waals surface area contributed by atoms with E-state index >= 15 is 0 Å². The van der Waals surface area contributed by atoms with E-state index in [9.17, 15) is 4.79 Å². The molecule has 0 radical (unpaired) electrons. The van der Waals surface area contributed by atoms with Crippen LogP contribution < -0.4 is 0 Å². The summed E-state index contributed by atoms with van der Waals surface area (Å²) in [6, 6.07) is 1.95. The molecule has 0 aliphatic carbocycles. The summed E-state index contributed by atoms with van der Waals surface area (Å²) in [6.45, 7) is 3.87. The maximum absolute atomic E-state index is 10.7. The molecule has 0 saturated carbocycles. The van der Waals surface area contributed by atoms with Crippen molar-refractivity contribution in [3.63, 3.8) is 0 Å². The van der Waals surface area contributed by atoms with Crippen LogP contribution >= 0.6 is 0 Å². The zero-order valence-electron chi connectivity index (χ0n) is 8.63. The highest BCUT2D eigenvalue weighted by molar-refractivity contribution is 5.72. The Bertz CT molecular complexity index is 330. The smallest absolute Gasteiger partial charge is 0.333 e. The van der Waals surface area contributed by atoms with Crippen LogP contribution in [0.4, 0.5) is 0 Å². The molecule has 0 aliphatic rings. The van der Waals surface area contributed by atoms with Crippen LogP contribution in [0.3, 0.4) is 0 Å². The second kappa shape index (κ2) is 4.28. The van der Waals surface area contributed by atoms with Crippen molar-refractivity contribution in [2.45, 2.75) is 26.4 Å². The van der Waals surface area contributed by atoms with Crippen molar-refractivity contribution in [1.29, 1.82) is 0 Å². The molecule has 0 bridgehead atoms. The van der Waals surface area contributed by atoms with Gasteiger partial charge in [0, 0.05) is 24.9 Å². The second-order valence-corrected chi connectivity index (χ2v) is 3.37. The number of nitrogens with one attached hydrogen (secondary N) is 1. The van der Waals surface area contributed by atoms with Crippen molar-refractivity contribution in [3.8, 4) is 0 Å². The molecular weight excluding hydrogens is 182 g/mol. The number of hydrogen-bond acceptors (Lipinski definition) is 2. The van der Waals surface area contributed by atoms with E-state index in [0.717, 1.165) is 17.0 Å². The Morgan fingerprint density at radius 1 is 1.64 bits per heavy atom. The van der Waals surface area contributed by atoms with Crippen LogP contribution in [0.5, 0.6) is 0 Å². The number of carboxylic acid groups (broad SMARTS) is 1. The summed E-state index contributed by atoms with van der Waals surface area (Å²) in [5, 5.41) is 8.80. The second-order valence-electron chi connectivity index (χ2n) is 3.37. The predicted molar refractivity (Wildman–Crippen MR) is 52.4 cm³/mol. The molecule has 1 aromatic heterocycles. The molecule has 2 N–H and O–H groups in total. The number of carboxylic acids is 1. The molecular formula is C10H15NO3. The summed E-state index contributed by atoms with van der Waals surface area (Å²) < 4.78 is 4.87. The minimum Gasteiger partial charge on any atom is -0.479 e. The molecule has 1 aromatic rings. The Labute approximate surface area is 82.9 Å². The molecule has 0 spiro atoms. The molecule has 0 saturated heterocycles. The van der Waals surface area contributed by atoms with Gasteiger partial charge >= 0.3 is 5.97 Å². The summed E-state index contributed by atoms with van der Waals surface area (Å²) in [6.07, 6.45) is -0.356. The highest BCUT2D eigenvalue weighted by Gasteiger charge is 2.18. The van der Waals surface area contributed by atoms with Crippen molar-refractivity contribution in [2.75, 3.05) is 7.11 Å². The molecule has 1 unspecified atom stereocenters.